The number of benzene rings is 1. The fourth-order valence-corrected chi connectivity index (χ4v) is 3.97. The average molecular weight is 430 g/mol. The Balaban J connectivity index is 0.00000280. The molecule has 0 radical (unpaired) electrons. The van der Waals surface area contributed by atoms with Crippen molar-refractivity contribution in [1.82, 2.24) is 15.5 Å². The molecule has 0 spiro atoms. The lowest BCUT2D eigenvalue weighted by atomic mass is 10.1. The van der Waals surface area contributed by atoms with Gasteiger partial charge in [0, 0.05) is 37.5 Å². The number of hydrogen-bond acceptors (Lipinski definition) is 4. The number of amides is 2. The summed E-state index contributed by atoms with van der Waals surface area (Å²) < 4.78 is 6.03. The summed E-state index contributed by atoms with van der Waals surface area (Å²) in [6.07, 6.45) is 6.03. The molecule has 28 heavy (non-hydrogen) atoms. The summed E-state index contributed by atoms with van der Waals surface area (Å²) in [7, 11) is 1.77. The van der Waals surface area contributed by atoms with Crippen molar-refractivity contribution in [1.29, 1.82) is 0 Å². The minimum Gasteiger partial charge on any atom is -0.489 e. The SMILES string of the molecule is CNCC(=O)N1CCC(Oc2ccc(C(=O)NC3CCCC3)cc2Cl)CC1.Cl. The van der Waals surface area contributed by atoms with Gasteiger partial charge in [-0.25, -0.2) is 0 Å². The Morgan fingerprint density at radius 3 is 2.46 bits per heavy atom. The highest BCUT2D eigenvalue weighted by atomic mass is 35.5. The Hall–Kier alpha value is -1.50. The summed E-state index contributed by atoms with van der Waals surface area (Å²) >= 11 is 6.35. The van der Waals surface area contributed by atoms with Crippen LogP contribution in [0.2, 0.25) is 5.02 Å². The van der Waals surface area contributed by atoms with Gasteiger partial charge in [0.25, 0.3) is 5.91 Å². The number of likely N-dealkylation sites (N-methyl/N-ethyl adjacent to an activating group) is 1. The van der Waals surface area contributed by atoms with E-state index in [0.717, 1.165) is 25.7 Å². The molecule has 8 heteroatoms. The van der Waals surface area contributed by atoms with Crippen LogP contribution in [0.3, 0.4) is 0 Å². The van der Waals surface area contributed by atoms with Crippen molar-refractivity contribution in [2.24, 2.45) is 0 Å². The fourth-order valence-electron chi connectivity index (χ4n) is 3.74. The molecule has 1 aliphatic heterocycles. The van der Waals surface area contributed by atoms with Crippen molar-refractivity contribution in [2.75, 3.05) is 26.7 Å². The zero-order valence-corrected chi connectivity index (χ0v) is 17.8. The third-order valence-corrected chi connectivity index (χ3v) is 5.60. The number of nitrogens with zero attached hydrogens (tertiary/aromatic N) is 1. The molecule has 1 saturated carbocycles. The van der Waals surface area contributed by atoms with Gasteiger partial charge < -0.3 is 20.3 Å². The normalized spacial score (nSPS) is 17.9. The first-order chi connectivity index (χ1) is 13.1. The molecule has 2 amide bonds. The molecule has 1 aromatic rings. The van der Waals surface area contributed by atoms with Crippen LogP contribution in [-0.2, 0) is 4.79 Å². The van der Waals surface area contributed by atoms with Crippen LogP contribution >= 0.6 is 24.0 Å². The highest BCUT2D eigenvalue weighted by Crippen LogP contribution is 2.29. The highest BCUT2D eigenvalue weighted by Gasteiger charge is 2.24. The van der Waals surface area contributed by atoms with Gasteiger partial charge in [0.2, 0.25) is 5.91 Å². The zero-order valence-electron chi connectivity index (χ0n) is 16.2. The summed E-state index contributed by atoms with van der Waals surface area (Å²) in [5.41, 5.74) is 0.562. The standard InChI is InChI=1S/C20H28ClN3O3.ClH/c1-22-13-19(25)24-10-8-16(9-11-24)27-18-7-6-14(12-17(18)21)20(26)23-15-4-2-3-5-15;/h6-7,12,15-16,22H,2-5,8-11,13H2,1H3,(H,23,26);1H. The van der Waals surface area contributed by atoms with Crippen molar-refractivity contribution in [3.63, 3.8) is 0 Å². The zero-order chi connectivity index (χ0) is 19.2. The second-order valence-electron chi connectivity index (χ2n) is 7.33. The molecule has 1 aliphatic carbocycles. The first kappa shape index (κ1) is 22.8. The van der Waals surface area contributed by atoms with Crippen LogP contribution in [0.25, 0.3) is 0 Å². The van der Waals surface area contributed by atoms with Gasteiger partial charge in [-0.3, -0.25) is 9.59 Å². The first-order valence-corrected chi connectivity index (χ1v) is 10.1. The van der Waals surface area contributed by atoms with E-state index in [2.05, 4.69) is 10.6 Å². The Morgan fingerprint density at radius 2 is 1.86 bits per heavy atom. The minimum atomic E-state index is -0.0771. The molecule has 3 rings (SSSR count). The highest BCUT2D eigenvalue weighted by molar-refractivity contribution is 6.32. The second-order valence-corrected chi connectivity index (χ2v) is 7.74. The molecular formula is C20H29Cl2N3O3. The van der Waals surface area contributed by atoms with Crippen LogP contribution in [-0.4, -0.2) is 55.5 Å². The van der Waals surface area contributed by atoms with Crippen LogP contribution in [0.15, 0.2) is 18.2 Å². The quantitative estimate of drug-likeness (QED) is 0.728. The summed E-state index contributed by atoms with van der Waals surface area (Å²) in [6, 6.07) is 5.48. The van der Waals surface area contributed by atoms with Gasteiger partial charge in [0.15, 0.2) is 0 Å². The molecule has 1 saturated heterocycles. The molecule has 2 aliphatic rings. The van der Waals surface area contributed by atoms with E-state index in [0.29, 0.717) is 36.0 Å². The predicted molar refractivity (Wildman–Crippen MR) is 113 cm³/mol. The summed E-state index contributed by atoms with van der Waals surface area (Å²) in [6.45, 7) is 1.73. The van der Waals surface area contributed by atoms with Crippen molar-refractivity contribution in [3.8, 4) is 5.75 Å². The monoisotopic (exact) mass is 429 g/mol. The number of rotatable bonds is 6. The Labute approximate surface area is 177 Å². The number of hydrogen-bond donors (Lipinski definition) is 2. The maximum Gasteiger partial charge on any atom is 0.251 e. The maximum atomic E-state index is 12.4. The number of likely N-dealkylation sites (tertiary alicyclic amines) is 1. The molecular weight excluding hydrogens is 401 g/mol. The van der Waals surface area contributed by atoms with Crippen molar-refractivity contribution in [3.05, 3.63) is 28.8 Å². The number of ether oxygens (including phenoxy) is 1. The van der Waals surface area contributed by atoms with Gasteiger partial charge in [0.05, 0.1) is 11.6 Å². The van der Waals surface area contributed by atoms with E-state index < -0.39 is 0 Å². The average Bonchev–Trinajstić information content (AvgIpc) is 3.17. The van der Waals surface area contributed by atoms with Gasteiger partial charge in [-0.05, 0) is 38.1 Å². The van der Waals surface area contributed by atoms with Gasteiger partial charge in [-0.15, -0.1) is 12.4 Å². The topological polar surface area (TPSA) is 70.7 Å². The molecule has 0 atom stereocenters. The Bertz CT molecular complexity index is 673. The van der Waals surface area contributed by atoms with Crippen molar-refractivity contribution < 1.29 is 14.3 Å². The summed E-state index contributed by atoms with van der Waals surface area (Å²) in [4.78, 5) is 26.1. The molecule has 2 fully saturated rings. The van der Waals surface area contributed by atoms with E-state index in [-0.39, 0.29) is 36.4 Å². The summed E-state index contributed by atoms with van der Waals surface area (Å²) in [5, 5.41) is 6.40. The molecule has 0 unspecified atom stereocenters. The van der Waals surface area contributed by atoms with Crippen LogP contribution in [0.4, 0.5) is 0 Å². The smallest absolute Gasteiger partial charge is 0.251 e. The van der Waals surface area contributed by atoms with E-state index in [4.69, 9.17) is 16.3 Å². The first-order valence-electron chi connectivity index (χ1n) is 9.76. The molecule has 156 valence electrons. The van der Waals surface area contributed by atoms with Gasteiger partial charge in [0.1, 0.15) is 11.9 Å². The maximum absolute atomic E-state index is 12.4. The number of halogens is 2. The molecule has 0 aromatic heterocycles. The van der Waals surface area contributed by atoms with E-state index in [9.17, 15) is 9.59 Å². The van der Waals surface area contributed by atoms with E-state index in [1.54, 1.807) is 25.2 Å². The number of nitrogens with one attached hydrogen (secondary N) is 2. The number of carbonyl (C=O) groups excluding carboxylic acids is 2. The van der Waals surface area contributed by atoms with Crippen LogP contribution in [0.5, 0.6) is 5.75 Å². The molecule has 1 heterocycles. The largest absolute Gasteiger partial charge is 0.489 e. The third kappa shape index (κ3) is 6.00. The second kappa shape index (κ2) is 10.9. The fraction of sp³-hybridized carbons (Fsp3) is 0.600. The third-order valence-electron chi connectivity index (χ3n) is 5.30. The lowest BCUT2D eigenvalue weighted by Crippen LogP contribution is -2.44. The van der Waals surface area contributed by atoms with Crippen molar-refractivity contribution in [2.45, 2.75) is 50.7 Å². The lowest BCUT2D eigenvalue weighted by molar-refractivity contribution is -0.131. The summed E-state index contributed by atoms with van der Waals surface area (Å²) in [5.74, 6) is 0.632. The van der Waals surface area contributed by atoms with E-state index in [1.165, 1.54) is 12.8 Å². The Morgan fingerprint density at radius 1 is 1.18 bits per heavy atom. The number of piperidine rings is 1. The van der Waals surface area contributed by atoms with E-state index in [1.807, 2.05) is 4.90 Å². The van der Waals surface area contributed by atoms with Crippen LogP contribution in [0.1, 0.15) is 48.9 Å². The molecule has 2 N–H and O–H groups in total. The Kier molecular flexibility index (Phi) is 8.86. The number of carbonyl (C=O) groups is 2. The lowest BCUT2D eigenvalue weighted by Gasteiger charge is -2.32. The van der Waals surface area contributed by atoms with Gasteiger partial charge in [-0.1, -0.05) is 24.4 Å². The predicted octanol–water partition coefficient (Wildman–Crippen LogP) is 3.02. The van der Waals surface area contributed by atoms with Gasteiger partial charge >= 0.3 is 0 Å². The van der Waals surface area contributed by atoms with Gasteiger partial charge in [-0.2, -0.15) is 0 Å². The van der Waals surface area contributed by atoms with Crippen molar-refractivity contribution >= 4 is 35.8 Å². The minimum absolute atomic E-state index is 0. The van der Waals surface area contributed by atoms with Crippen LogP contribution in [0, 0.1) is 0 Å². The molecule has 1 aromatic carbocycles. The van der Waals surface area contributed by atoms with E-state index >= 15 is 0 Å². The molecule has 6 nitrogen and oxygen atoms in total. The van der Waals surface area contributed by atoms with Crippen LogP contribution < -0.4 is 15.4 Å². The molecule has 0 bridgehead atoms.